The lowest BCUT2D eigenvalue weighted by Gasteiger charge is -2.15. The summed E-state index contributed by atoms with van der Waals surface area (Å²) in [6.45, 7) is -1.30. The van der Waals surface area contributed by atoms with E-state index in [0.29, 0.717) is 0 Å². The highest BCUT2D eigenvalue weighted by atomic mass is 19.3. The number of halogens is 4. The molecule has 0 aliphatic heterocycles. The molecule has 1 aromatic carbocycles. The summed E-state index contributed by atoms with van der Waals surface area (Å²) < 4.78 is 57.3. The summed E-state index contributed by atoms with van der Waals surface area (Å²) in [4.78, 5) is 40.0. The largest absolute Gasteiger partial charge is 0.514 e. The molecule has 0 saturated carbocycles. The number of alkyl halides is 4. The summed E-state index contributed by atoms with van der Waals surface area (Å²) in [6, 6.07) is 0.257. The molecule has 0 aliphatic carbocycles. The van der Waals surface area contributed by atoms with E-state index < -0.39 is 68.3 Å². The standard InChI is InChI=1S/C11H7F4N3O9/c1-4-6(27-10(19)26-3-11(14,15)9(12)13)2-5(16(20)21)8(18(24)25)7(4)17(22)23/h2,9H,3H2,1H3. The van der Waals surface area contributed by atoms with Crippen molar-refractivity contribution < 1.29 is 46.6 Å². The van der Waals surface area contributed by atoms with Crippen LogP contribution in [0.3, 0.4) is 0 Å². The van der Waals surface area contributed by atoms with Gasteiger partial charge in [0.05, 0.1) is 26.4 Å². The van der Waals surface area contributed by atoms with E-state index >= 15 is 0 Å². The van der Waals surface area contributed by atoms with Gasteiger partial charge in [0.25, 0.3) is 0 Å². The Morgan fingerprint density at radius 3 is 2.04 bits per heavy atom. The zero-order valence-corrected chi connectivity index (χ0v) is 12.9. The molecule has 12 nitrogen and oxygen atoms in total. The van der Waals surface area contributed by atoms with Gasteiger partial charge in [0, 0.05) is 0 Å². The van der Waals surface area contributed by atoms with Crippen molar-refractivity contribution in [1.29, 1.82) is 0 Å². The van der Waals surface area contributed by atoms with E-state index in [4.69, 9.17) is 0 Å². The van der Waals surface area contributed by atoms with Crippen molar-refractivity contribution in [2.24, 2.45) is 0 Å². The van der Waals surface area contributed by atoms with Gasteiger partial charge >= 0.3 is 35.6 Å². The molecule has 0 bridgehead atoms. The number of rotatable bonds is 7. The van der Waals surface area contributed by atoms with E-state index in [9.17, 15) is 52.7 Å². The van der Waals surface area contributed by atoms with Crippen molar-refractivity contribution >= 4 is 23.2 Å². The number of hydrogen-bond acceptors (Lipinski definition) is 9. The van der Waals surface area contributed by atoms with E-state index in [2.05, 4.69) is 9.47 Å². The Kier molecular flexibility index (Phi) is 6.16. The molecule has 1 aromatic rings. The highest BCUT2D eigenvalue weighted by molar-refractivity contribution is 5.75. The van der Waals surface area contributed by atoms with Gasteiger partial charge in [-0.3, -0.25) is 30.3 Å². The number of nitrogens with zero attached hydrogens (tertiary/aromatic N) is 3. The van der Waals surface area contributed by atoms with Crippen molar-refractivity contribution in [1.82, 2.24) is 0 Å². The van der Waals surface area contributed by atoms with Gasteiger partial charge in [-0.1, -0.05) is 0 Å². The van der Waals surface area contributed by atoms with E-state index in [1.54, 1.807) is 0 Å². The number of nitro benzene ring substituents is 3. The van der Waals surface area contributed by atoms with Crippen molar-refractivity contribution in [3.05, 3.63) is 42.0 Å². The molecule has 0 amide bonds. The van der Waals surface area contributed by atoms with Crippen molar-refractivity contribution in [3.63, 3.8) is 0 Å². The SMILES string of the molecule is Cc1c(OC(=O)OCC(F)(F)C(F)F)cc([N+](=O)[O-])c([N+](=O)[O-])c1[N+](=O)[O-]. The number of benzene rings is 1. The fourth-order valence-corrected chi connectivity index (χ4v) is 1.70. The summed E-state index contributed by atoms with van der Waals surface area (Å²) in [5.74, 6) is -5.72. The summed E-state index contributed by atoms with van der Waals surface area (Å²) in [5, 5.41) is 32.8. The molecule has 1 rings (SSSR count). The number of ether oxygens (including phenoxy) is 2. The van der Waals surface area contributed by atoms with Crippen LogP contribution in [0.15, 0.2) is 6.07 Å². The van der Waals surface area contributed by atoms with Gasteiger partial charge in [0.1, 0.15) is 0 Å². The molecule has 0 heterocycles. The Labute approximate surface area is 144 Å². The topological polar surface area (TPSA) is 165 Å². The van der Waals surface area contributed by atoms with E-state index in [0.717, 1.165) is 6.92 Å². The van der Waals surface area contributed by atoms with Crippen LogP contribution in [-0.4, -0.2) is 39.9 Å². The van der Waals surface area contributed by atoms with Crippen LogP contribution in [0.25, 0.3) is 0 Å². The van der Waals surface area contributed by atoms with Gasteiger partial charge in [0.15, 0.2) is 12.4 Å². The first-order chi connectivity index (χ1) is 12.3. The summed E-state index contributed by atoms with van der Waals surface area (Å²) in [6.07, 6.45) is -6.22. The van der Waals surface area contributed by atoms with Crippen LogP contribution in [0.4, 0.5) is 39.4 Å². The Bertz CT molecular complexity index is 815. The maximum atomic E-state index is 12.7. The first-order valence-corrected chi connectivity index (χ1v) is 6.41. The normalized spacial score (nSPS) is 11.2. The Morgan fingerprint density at radius 2 is 1.63 bits per heavy atom. The second-order valence-electron chi connectivity index (χ2n) is 4.69. The maximum absolute atomic E-state index is 12.7. The molecule has 0 radical (unpaired) electrons. The molecular formula is C11H7F4N3O9. The van der Waals surface area contributed by atoms with Crippen LogP contribution in [0.5, 0.6) is 5.75 Å². The van der Waals surface area contributed by atoms with Gasteiger partial charge in [-0.2, -0.15) is 8.78 Å². The van der Waals surface area contributed by atoms with Crippen LogP contribution in [0, 0.1) is 37.3 Å². The minimum absolute atomic E-state index is 0.257. The molecule has 27 heavy (non-hydrogen) atoms. The molecule has 0 spiro atoms. The molecule has 0 aliphatic rings. The van der Waals surface area contributed by atoms with Gasteiger partial charge in [-0.05, 0) is 6.92 Å². The fourth-order valence-electron chi connectivity index (χ4n) is 1.70. The lowest BCUT2D eigenvalue weighted by molar-refractivity contribution is -0.441. The van der Waals surface area contributed by atoms with Crippen LogP contribution < -0.4 is 4.74 Å². The average molecular weight is 401 g/mol. The second kappa shape index (κ2) is 7.75. The predicted octanol–water partition coefficient (Wildman–Crippen LogP) is 3.14. The van der Waals surface area contributed by atoms with E-state index in [1.165, 1.54) is 0 Å². The molecule has 0 fully saturated rings. The van der Waals surface area contributed by atoms with Gasteiger partial charge in [-0.15, -0.1) is 0 Å². The molecule has 0 aromatic heterocycles. The fraction of sp³-hybridized carbons (Fsp3) is 0.364. The Hall–Kier alpha value is -3.59. The molecule has 16 heteroatoms. The van der Waals surface area contributed by atoms with Gasteiger partial charge in [0.2, 0.25) is 0 Å². The zero-order valence-electron chi connectivity index (χ0n) is 12.9. The van der Waals surface area contributed by atoms with E-state index in [1.807, 2.05) is 0 Å². The molecule has 0 saturated heterocycles. The quantitative estimate of drug-likeness (QED) is 0.219. The monoisotopic (exact) mass is 401 g/mol. The highest BCUT2D eigenvalue weighted by Gasteiger charge is 2.43. The number of nitro groups is 3. The summed E-state index contributed by atoms with van der Waals surface area (Å²) in [5.41, 5.74) is -5.07. The van der Waals surface area contributed by atoms with Crippen molar-refractivity contribution in [3.8, 4) is 5.75 Å². The molecule has 0 atom stereocenters. The second-order valence-corrected chi connectivity index (χ2v) is 4.69. The first-order valence-electron chi connectivity index (χ1n) is 6.41. The lowest BCUT2D eigenvalue weighted by Crippen LogP contribution is -2.34. The minimum Gasteiger partial charge on any atom is -0.427 e. The molecular weight excluding hydrogens is 394 g/mol. The molecule has 0 N–H and O–H groups in total. The van der Waals surface area contributed by atoms with Crippen LogP contribution in [0.1, 0.15) is 5.56 Å². The molecule has 0 unspecified atom stereocenters. The van der Waals surface area contributed by atoms with Crippen molar-refractivity contribution in [2.75, 3.05) is 6.61 Å². The van der Waals surface area contributed by atoms with Crippen molar-refractivity contribution in [2.45, 2.75) is 19.3 Å². The Balaban J connectivity index is 3.29. The van der Waals surface area contributed by atoms with Gasteiger partial charge in [-0.25, -0.2) is 13.6 Å². The predicted molar refractivity (Wildman–Crippen MR) is 74.1 cm³/mol. The highest BCUT2D eigenvalue weighted by Crippen LogP contribution is 2.43. The third-order valence-corrected chi connectivity index (χ3v) is 2.92. The van der Waals surface area contributed by atoms with Crippen LogP contribution >= 0.6 is 0 Å². The third-order valence-electron chi connectivity index (χ3n) is 2.92. The smallest absolute Gasteiger partial charge is 0.427 e. The summed E-state index contributed by atoms with van der Waals surface area (Å²) in [7, 11) is 0. The van der Waals surface area contributed by atoms with Gasteiger partial charge < -0.3 is 9.47 Å². The van der Waals surface area contributed by atoms with Crippen LogP contribution in [-0.2, 0) is 4.74 Å². The average Bonchev–Trinajstić information content (AvgIpc) is 2.53. The molecule has 148 valence electrons. The summed E-state index contributed by atoms with van der Waals surface area (Å²) >= 11 is 0. The minimum atomic E-state index is -4.72. The number of carbonyl (C=O) groups is 1. The lowest BCUT2D eigenvalue weighted by atomic mass is 10.1. The van der Waals surface area contributed by atoms with Crippen LogP contribution in [0.2, 0.25) is 0 Å². The number of hydrogen-bond donors (Lipinski definition) is 0. The van der Waals surface area contributed by atoms with E-state index in [-0.39, 0.29) is 6.07 Å². The Morgan fingerprint density at radius 1 is 1.11 bits per heavy atom. The first kappa shape index (κ1) is 21.5. The zero-order chi connectivity index (χ0) is 21.1. The number of carbonyl (C=O) groups excluding carboxylic acids is 1. The third kappa shape index (κ3) is 4.73. The maximum Gasteiger partial charge on any atom is 0.514 e.